The van der Waals surface area contributed by atoms with Gasteiger partial charge in [0.1, 0.15) is 0 Å². The summed E-state index contributed by atoms with van der Waals surface area (Å²) in [5, 5.41) is 3.15. The standard InChI is InChI=1S/C13H24N4O/c1-15-13(14)16-11-7-8-17(9-11)12(18)10-5-3-2-4-6-10/h10-11H,2-9H2,1H3,(H3,14,15,16). The molecule has 1 unspecified atom stereocenters. The molecule has 0 aromatic heterocycles. The molecule has 18 heavy (non-hydrogen) atoms. The molecule has 1 amide bonds. The molecule has 3 N–H and O–H groups in total. The highest BCUT2D eigenvalue weighted by Gasteiger charge is 2.31. The van der Waals surface area contributed by atoms with Crippen LogP contribution < -0.4 is 11.1 Å². The maximum absolute atomic E-state index is 12.3. The van der Waals surface area contributed by atoms with E-state index >= 15 is 0 Å². The molecule has 0 spiro atoms. The number of aliphatic imine (C=N–C) groups is 1. The minimum absolute atomic E-state index is 0.265. The third kappa shape index (κ3) is 3.15. The molecule has 0 radical (unpaired) electrons. The van der Waals surface area contributed by atoms with E-state index in [4.69, 9.17) is 5.73 Å². The normalized spacial score (nSPS) is 26.4. The predicted molar refractivity (Wildman–Crippen MR) is 72.2 cm³/mol. The van der Waals surface area contributed by atoms with Crippen LogP contribution in [0, 0.1) is 5.92 Å². The molecular formula is C13H24N4O. The number of amides is 1. The predicted octanol–water partition coefficient (Wildman–Crippen LogP) is 0.702. The summed E-state index contributed by atoms with van der Waals surface area (Å²) < 4.78 is 0. The van der Waals surface area contributed by atoms with E-state index in [1.165, 1.54) is 19.3 Å². The van der Waals surface area contributed by atoms with Crippen molar-refractivity contribution in [2.75, 3.05) is 20.1 Å². The Bertz CT molecular complexity index is 323. The molecule has 1 atom stereocenters. The Labute approximate surface area is 109 Å². The summed E-state index contributed by atoms with van der Waals surface area (Å²) in [6.45, 7) is 1.62. The van der Waals surface area contributed by atoms with Crippen molar-refractivity contribution >= 4 is 11.9 Å². The second kappa shape index (κ2) is 6.07. The van der Waals surface area contributed by atoms with E-state index in [1.54, 1.807) is 7.05 Å². The van der Waals surface area contributed by atoms with Crippen molar-refractivity contribution in [2.24, 2.45) is 16.6 Å². The lowest BCUT2D eigenvalue weighted by Gasteiger charge is -2.26. The third-order valence-electron chi connectivity index (χ3n) is 4.05. The minimum Gasteiger partial charge on any atom is -0.370 e. The number of nitrogens with two attached hydrogens (primary N) is 1. The molecule has 1 aliphatic heterocycles. The first kappa shape index (κ1) is 13.2. The first-order valence-corrected chi connectivity index (χ1v) is 6.98. The fourth-order valence-electron chi connectivity index (χ4n) is 2.96. The van der Waals surface area contributed by atoms with Gasteiger partial charge in [0.05, 0.1) is 0 Å². The molecular weight excluding hydrogens is 228 g/mol. The maximum atomic E-state index is 12.3. The van der Waals surface area contributed by atoms with Crippen LogP contribution in [0.4, 0.5) is 0 Å². The summed E-state index contributed by atoms with van der Waals surface area (Å²) >= 11 is 0. The number of hydrogen-bond acceptors (Lipinski definition) is 2. The van der Waals surface area contributed by atoms with E-state index in [-0.39, 0.29) is 12.0 Å². The third-order valence-corrected chi connectivity index (χ3v) is 4.05. The topological polar surface area (TPSA) is 70.7 Å². The molecule has 0 aromatic carbocycles. The summed E-state index contributed by atoms with van der Waals surface area (Å²) in [5.41, 5.74) is 5.65. The largest absolute Gasteiger partial charge is 0.370 e. The lowest BCUT2D eigenvalue weighted by molar-refractivity contribution is -0.135. The van der Waals surface area contributed by atoms with Crippen LogP contribution in [-0.4, -0.2) is 42.9 Å². The Balaban J connectivity index is 1.82. The molecule has 0 aromatic rings. The summed E-state index contributed by atoms with van der Waals surface area (Å²) in [6.07, 6.45) is 6.83. The number of carbonyl (C=O) groups excluding carboxylic acids is 1. The van der Waals surface area contributed by atoms with E-state index in [0.29, 0.717) is 11.9 Å². The number of guanidine groups is 1. The first-order chi connectivity index (χ1) is 8.70. The Morgan fingerprint density at radius 1 is 1.28 bits per heavy atom. The molecule has 5 nitrogen and oxygen atoms in total. The van der Waals surface area contributed by atoms with E-state index in [2.05, 4.69) is 10.3 Å². The van der Waals surface area contributed by atoms with Crippen molar-refractivity contribution in [3.63, 3.8) is 0 Å². The molecule has 102 valence electrons. The molecule has 1 aliphatic carbocycles. The monoisotopic (exact) mass is 252 g/mol. The van der Waals surface area contributed by atoms with Crippen LogP contribution in [-0.2, 0) is 4.79 Å². The Morgan fingerprint density at radius 3 is 2.67 bits per heavy atom. The van der Waals surface area contributed by atoms with Crippen LogP contribution in [0.2, 0.25) is 0 Å². The zero-order valence-electron chi connectivity index (χ0n) is 11.2. The molecule has 1 heterocycles. The van der Waals surface area contributed by atoms with Crippen LogP contribution in [0.1, 0.15) is 38.5 Å². The van der Waals surface area contributed by atoms with Gasteiger partial charge in [-0.15, -0.1) is 0 Å². The number of hydrogen-bond donors (Lipinski definition) is 2. The maximum Gasteiger partial charge on any atom is 0.225 e. The van der Waals surface area contributed by atoms with Crippen molar-refractivity contribution in [3.05, 3.63) is 0 Å². The van der Waals surface area contributed by atoms with E-state index in [0.717, 1.165) is 32.4 Å². The minimum atomic E-state index is 0.265. The molecule has 1 saturated heterocycles. The smallest absolute Gasteiger partial charge is 0.225 e. The van der Waals surface area contributed by atoms with E-state index in [1.807, 2.05) is 4.90 Å². The van der Waals surface area contributed by atoms with Crippen molar-refractivity contribution < 1.29 is 4.79 Å². The zero-order valence-corrected chi connectivity index (χ0v) is 11.2. The van der Waals surface area contributed by atoms with Crippen LogP contribution in [0.5, 0.6) is 0 Å². The molecule has 2 fully saturated rings. The van der Waals surface area contributed by atoms with Gasteiger partial charge in [-0.1, -0.05) is 19.3 Å². The van der Waals surface area contributed by atoms with Gasteiger partial charge in [-0.05, 0) is 19.3 Å². The summed E-state index contributed by atoms with van der Waals surface area (Å²) in [5.74, 6) is 1.09. The lowest BCUT2D eigenvalue weighted by atomic mass is 9.88. The van der Waals surface area contributed by atoms with Gasteiger partial charge in [0.15, 0.2) is 5.96 Å². The molecule has 5 heteroatoms. The Hall–Kier alpha value is -1.26. The Morgan fingerprint density at radius 2 is 2.00 bits per heavy atom. The van der Waals surface area contributed by atoms with E-state index in [9.17, 15) is 4.79 Å². The summed E-state index contributed by atoms with van der Waals surface area (Å²) in [4.78, 5) is 18.2. The Kier molecular flexibility index (Phi) is 4.44. The second-order valence-corrected chi connectivity index (χ2v) is 5.36. The average Bonchev–Trinajstić information content (AvgIpc) is 2.87. The fraction of sp³-hybridized carbons (Fsp3) is 0.846. The number of nitrogens with zero attached hydrogens (tertiary/aromatic N) is 2. The van der Waals surface area contributed by atoms with Crippen LogP contribution in [0.15, 0.2) is 4.99 Å². The number of nitrogens with one attached hydrogen (secondary N) is 1. The fourth-order valence-corrected chi connectivity index (χ4v) is 2.96. The zero-order chi connectivity index (χ0) is 13.0. The van der Waals surface area contributed by atoms with Gasteiger partial charge in [-0.3, -0.25) is 9.79 Å². The molecule has 1 saturated carbocycles. The SMILES string of the molecule is CN=C(N)NC1CCN(C(=O)C2CCCCC2)C1. The lowest BCUT2D eigenvalue weighted by Crippen LogP contribution is -2.43. The van der Waals surface area contributed by atoms with Gasteiger partial charge in [-0.2, -0.15) is 0 Å². The number of carbonyl (C=O) groups is 1. The van der Waals surface area contributed by atoms with Gasteiger partial charge < -0.3 is 16.0 Å². The van der Waals surface area contributed by atoms with Crippen LogP contribution in [0.3, 0.4) is 0 Å². The highest BCUT2D eigenvalue weighted by Crippen LogP contribution is 2.26. The quantitative estimate of drug-likeness (QED) is 0.561. The number of rotatable bonds is 2. The van der Waals surface area contributed by atoms with Gasteiger partial charge in [0.2, 0.25) is 5.91 Å². The highest BCUT2D eigenvalue weighted by atomic mass is 16.2. The van der Waals surface area contributed by atoms with Crippen molar-refractivity contribution in [1.82, 2.24) is 10.2 Å². The van der Waals surface area contributed by atoms with Crippen molar-refractivity contribution in [1.29, 1.82) is 0 Å². The van der Waals surface area contributed by atoms with Crippen molar-refractivity contribution in [3.8, 4) is 0 Å². The molecule has 2 aliphatic rings. The molecule has 2 rings (SSSR count). The van der Waals surface area contributed by atoms with Crippen LogP contribution in [0.25, 0.3) is 0 Å². The van der Waals surface area contributed by atoms with E-state index < -0.39 is 0 Å². The first-order valence-electron chi connectivity index (χ1n) is 6.98. The van der Waals surface area contributed by atoms with Crippen LogP contribution >= 0.6 is 0 Å². The van der Waals surface area contributed by atoms with Crippen molar-refractivity contribution in [2.45, 2.75) is 44.6 Å². The van der Waals surface area contributed by atoms with Gasteiger partial charge in [0, 0.05) is 32.1 Å². The average molecular weight is 252 g/mol. The van der Waals surface area contributed by atoms with Gasteiger partial charge >= 0.3 is 0 Å². The van der Waals surface area contributed by atoms with Gasteiger partial charge in [0.25, 0.3) is 0 Å². The second-order valence-electron chi connectivity index (χ2n) is 5.36. The summed E-state index contributed by atoms with van der Waals surface area (Å²) in [7, 11) is 1.67. The number of likely N-dealkylation sites (tertiary alicyclic amines) is 1. The highest BCUT2D eigenvalue weighted by molar-refractivity contribution is 5.80. The molecule has 0 bridgehead atoms. The summed E-state index contributed by atoms with van der Waals surface area (Å²) in [6, 6.07) is 0.265. The van der Waals surface area contributed by atoms with Gasteiger partial charge in [-0.25, -0.2) is 0 Å².